The Labute approximate surface area is 256 Å². The lowest BCUT2D eigenvalue weighted by Crippen LogP contribution is -2.27. The molecule has 11 nitrogen and oxygen atoms in total. The summed E-state index contributed by atoms with van der Waals surface area (Å²) in [7, 11) is 0. The summed E-state index contributed by atoms with van der Waals surface area (Å²) in [5, 5.41) is 24.0. The lowest BCUT2D eigenvalue weighted by Gasteiger charge is -2.14. The van der Waals surface area contributed by atoms with Crippen LogP contribution in [0.4, 0.5) is 0 Å². The summed E-state index contributed by atoms with van der Waals surface area (Å²) >= 11 is 1.33. The topological polar surface area (TPSA) is 136 Å². The highest BCUT2D eigenvalue weighted by Crippen LogP contribution is 2.37. The fraction of sp³-hybridized carbons (Fsp3) is 0.312. The van der Waals surface area contributed by atoms with Crippen LogP contribution >= 0.6 is 11.3 Å². The standard InChI is InChI=1S/C32H30N6O5S/c1-32(2,41)31-35-34-30(44-31)19-8-12-24(13-9-19)42-25-15-20(6-7-21(25)17-37-14-4-3-5-26(37)39)29-33-28(36-43-29)22-16-27(40)38(18-22)23-10-11-23/h3-9,12-15,22-23,41H,10-11,16-18H2,1-2H3. The predicted molar refractivity (Wildman–Crippen MR) is 162 cm³/mol. The SMILES string of the molecule is CC(C)(O)c1nnc(-c2ccc(Oc3cc(-c4nc(C5CC(=O)N(C6CC6)C5)no4)ccc3Cn3ccccc3=O)cc2)s1. The second kappa shape index (κ2) is 11.1. The molecule has 1 amide bonds. The van der Waals surface area contributed by atoms with Gasteiger partial charge in [-0.05, 0) is 69.2 Å². The van der Waals surface area contributed by atoms with Crippen molar-refractivity contribution in [3.05, 3.63) is 93.6 Å². The van der Waals surface area contributed by atoms with Gasteiger partial charge in [-0.15, -0.1) is 10.2 Å². The van der Waals surface area contributed by atoms with Gasteiger partial charge in [-0.2, -0.15) is 4.98 Å². The zero-order valence-corrected chi connectivity index (χ0v) is 25.0. The molecular formula is C32H30N6O5S. The first-order chi connectivity index (χ1) is 21.2. The summed E-state index contributed by atoms with van der Waals surface area (Å²) in [6.45, 7) is 4.27. The second-order valence-corrected chi connectivity index (χ2v) is 12.7. The Bertz CT molecular complexity index is 1890. The number of benzene rings is 2. The molecule has 4 heterocycles. The van der Waals surface area contributed by atoms with Gasteiger partial charge < -0.3 is 23.8 Å². The highest BCUT2D eigenvalue weighted by Gasteiger charge is 2.41. The maximum Gasteiger partial charge on any atom is 0.258 e. The number of pyridine rings is 1. The van der Waals surface area contributed by atoms with E-state index in [4.69, 9.17) is 9.26 Å². The Morgan fingerprint density at radius 2 is 1.84 bits per heavy atom. The molecule has 0 bridgehead atoms. The fourth-order valence-electron chi connectivity index (χ4n) is 5.23. The molecule has 2 aromatic carbocycles. The molecular weight excluding hydrogens is 580 g/mol. The van der Waals surface area contributed by atoms with Gasteiger partial charge in [0.25, 0.3) is 11.4 Å². The molecule has 1 aliphatic carbocycles. The first-order valence-electron chi connectivity index (χ1n) is 14.5. The minimum atomic E-state index is -1.06. The van der Waals surface area contributed by atoms with Crippen LogP contribution in [0.15, 0.2) is 76.2 Å². The first kappa shape index (κ1) is 28.1. The van der Waals surface area contributed by atoms with E-state index in [1.165, 1.54) is 17.4 Å². The van der Waals surface area contributed by atoms with Crippen LogP contribution in [0, 0.1) is 0 Å². The van der Waals surface area contributed by atoms with Gasteiger partial charge in [-0.25, -0.2) is 0 Å². The molecule has 1 aliphatic heterocycles. The van der Waals surface area contributed by atoms with E-state index in [9.17, 15) is 14.7 Å². The van der Waals surface area contributed by atoms with Crippen molar-refractivity contribution in [3.8, 4) is 33.5 Å². The Hall–Kier alpha value is -4.68. The van der Waals surface area contributed by atoms with Crippen molar-refractivity contribution in [1.82, 2.24) is 29.8 Å². The Balaban J connectivity index is 1.16. The average Bonchev–Trinajstić information content (AvgIpc) is 3.36. The average molecular weight is 611 g/mol. The molecule has 224 valence electrons. The van der Waals surface area contributed by atoms with Gasteiger partial charge in [-0.3, -0.25) is 9.59 Å². The Morgan fingerprint density at radius 1 is 1.05 bits per heavy atom. The zero-order valence-electron chi connectivity index (χ0n) is 24.2. The van der Waals surface area contributed by atoms with Crippen LogP contribution < -0.4 is 10.3 Å². The van der Waals surface area contributed by atoms with Crippen LogP contribution in [0.1, 0.15) is 55.4 Å². The molecule has 1 unspecified atom stereocenters. The molecule has 1 saturated carbocycles. The molecule has 7 rings (SSSR count). The largest absolute Gasteiger partial charge is 0.457 e. The normalized spacial score (nSPS) is 16.9. The molecule has 3 aromatic heterocycles. The number of rotatable bonds is 9. The first-order valence-corrected chi connectivity index (χ1v) is 15.3. The van der Waals surface area contributed by atoms with E-state index in [0.717, 1.165) is 24.0 Å². The Kier molecular flexibility index (Phi) is 7.10. The maximum absolute atomic E-state index is 12.5. The van der Waals surface area contributed by atoms with E-state index in [0.29, 0.717) is 64.3 Å². The molecule has 0 spiro atoms. The molecule has 1 saturated heterocycles. The van der Waals surface area contributed by atoms with E-state index in [-0.39, 0.29) is 17.4 Å². The number of carbonyl (C=O) groups excluding carboxylic acids is 1. The minimum absolute atomic E-state index is 0.0911. The smallest absolute Gasteiger partial charge is 0.258 e. The van der Waals surface area contributed by atoms with Gasteiger partial charge in [0.05, 0.1) is 6.54 Å². The van der Waals surface area contributed by atoms with Gasteiger partial charge in [0.2, 0.25) is 5.91 Å². The zero-order chi connectivity index (χ0) is 30.4. The third-order valence-electron chi connectivity index (χ3n) is 7.78. The van der Waals surface area contributed by atoms with E-state index in [1.807, 2.05) is 53.4 Å². The molecule has 1 N–H and O–H groups in total. The van der Waals surface area contributed by atoms with Crippen molar-refractivity contribution < 1.29 is 19.2 Å². The fourth-order valence-corrected chi connectivity index (χ4v) is 6.08. The lowest BCUT2D eigenvalue weighted by atomic mass is 10.1. The highest BCUT2D eigenvalue weighted by molar-refractivity contribution is 7.14. The van der Waals surface area contributed by atoms with Gasteiger partial charge in [0.15, 0.2) is 5.82 Å². The number of nitrogens with zero attached hydrogens (tertiary/aromatic N) is 6. The van der Waals surface area contributed by atoms with Crippen molar-refractivity contribution in [2.75, 3.05) is 6.54 Å². The highest BCUT2D eigenvalue weighted by atomic mass is 32.1. The summed E-state index contributed by atoms with van der Waals surface area (Å²) < 4.78 is 13.6. The number of carbonyl (C=O) groups is 1. The van der Waals surface area contributed by atoms with Crippen LogP contribution in [0.3, 0.4) is 0 Å². The van der Waals surface area contributed by atoms with E-state index < -0.39 is 5.60 Å². The predicted octanol–water partition coefficient (Wildman–Crippen LogP) is 4.96. The van der Waals surface area contributed by atoms with Crippen molar-refractivity contribution in [3.63, 3.8) is 0 Å². The van der Waals surface area contributed by atoms with Crippen LogP contribution in [-0.2, 0) is 16.9 Å². The molecule has 2 aliphatic rings. The molecule has 12 heteroatoms. The molecule has 1 atom stereocenters. The quantitative estimate of drug-likeness (QED) is 0.245. The van der Waals surface area contributed by atoms with Gasteiger partial charge in [0.1, 0.15) is 27.1 Å². The van der Waals surface area contributed by atoms with Crippen molar-refractivity contribution in [1.29, 1.82) is 0 Å². The van der Waals surface area contributed by atoms with E-state index in [1.54, 1.807) is 30.7 Å². The summed E-state index contributed by atoms with van der Waals surface area (Å²) in [5.41, 5.74) is 1.11. The van der Waals surface area contributed by atoms with Gasteiger partial charge in [-0.1, -0.05) is 28.6 Å². The lowest BCUT2D eigenvalue weighted by molar-refractivity contribution is -0.128. The number of aliphatic hydroxyl groups is 1. The monoisotopic (exact) mass is 610 g/mol. The second-order valence-electron chi connectivity index (χ2n) is 11.7. The summed E-state index contributed by atoms with van der Waals surface area (Å²) in [4.78, 5) is 31.5. The Morgan fingerprint density at radius 3 is 2.57 bits per heavy atom. The molecule has 0 radical (unpaired) electrons. The third-order valence-corrected chi connectivity index (χ3v) is 9.07. The summed E-state index contributed by atoms with van der Waals surface area (Å²) in [6, 6.07) is 18.4. The number of hydrogen-bond acceptors (Lipinski definition) is 10. The van der Waals surface area contributed by atoms with Crippen LogP contribution in [0.2, 0.25) is 0 Å². The number of likely N-dealkylation sites (tertiary alicyclic amines) is 1. The van der Waals surface area contributed by atoms with Gasteiger partial charge in [0, 0.05) is 53.9 Å². The molecule has 2 fully saturated rings. The third kappa shape index (κ3) is 5.78. The maximum atomic E-state index is 12.5. The molecule has 5 aromatic rings. The van der Waals surface area contributed by atoms with Gasteiger partial charge >= 0.3 is 0 Å². The summed E-state index contributed by atoms with van der Waals surface area (Å²) in [5.74, 6) is 2.03. The van der Waals surface area contributed by atoms with Crippen molar-refractivity contribution in [2.45, 2.75) is 57.2 Å². The van der Waals surface area contributed by atoms with Crippen molar-refractivity contribution >= 4 is 17.2 Å². The molecule has 44 heavy (non-hydrogen) atoms. The van der Waals surface area contributed by atoms with Crippen LogP contribution in [0.5, 0.6) is 11.5 Å². The number of ether oxygens (including phenoxy) is 1. The number of hydrogen-bond donors (Lipinski definition) is 1. The van der Waals surface area contributed by atoms with E-state index >= 15 is 0 Å². The van der Waals surface area contributed by atoms with Crippen LogP contribution in [0.25, 0.3) is 22.0 Å². The van der Waals surface area contributed by atoms with Crippen LogP contribution in [-0.4, -0.2) is 53.4 Å². The van der Waals surface area contributed by atoms with E-state index in [2.05, 4.69) is 20.3 Å². The number of amides is 1. The number of aromatic nitrogens is 5. The van der Waals surface area contributed by atoms with Crippen molar-refractivity contribution in [2.24, 2.45) is 0 Å². The minimum Gasteiger partial charge on any atom is -0.457 e. The summed E-state index contributed by atoms with van der Waals surface area (Å²) in [6.07, 6.45) is 4.25.